The molecule has 2 aromatic rings. The molecule has 1 amide bonds. The highest BCUT2D eigenvalue weighted by atomic mass is 127. The van der Waals surface area contributed by atoms with Crippen molar-refractivity contribution in [3.8, 4) is 5.75 Å². The van der Waals surface area contributed by atoms with Gasteiger partial charge in [-0.05, 0) is 40.1 Å². The van der Waals surface area contributed by atoms with Crippen molar-refractivity contribution in [3.63, 3.8) is 0 Å². The summed E-state index contributed by atoms with van der Waals surface area (Å²) >= 11 is 1.65. The Morgan fingerprint density at radius 1 is 1.08 bits per heavy atom. The van der Waals surface area contributed by atoms with Crippen LogP contribution in [0.5, 0.6) is 5.75 Å². The number of amides is 1. The maximum Gasteiger partial charge on any atom is 0.239 e. The third-order valence-electron chi connectivity index (χ3n) is 3.33. The van der Waals surface area contributed by atoms with Gasteiger partial charge in [0.25, 0.3) is 0 Å². The zero-order valence-corrected chi connectivity index (χ0v) is 17.4. The van der Waals surface area contributed by atoms with Crippen molar-refractivity contribution in [2.24, 2.45) is 4.99 Å². The number of carbonyl (C=O) groups excluding carboxylic acids is 1. The van der Waals surface area contributed by atoms with Crippen LogP contribution in [0.1, 0.15) is 11.1 Å². The van der Waals surface area contributed by atoms with Crippen molar-refractivity contribution in [3.05, 3.63) is 52.2 Å². The summed E-state index contributed by atoms with van der Waals surface area (Å²) < 4.78 is 5.10. The van der Waals surface area contributed by atoms with Crippen LogP contribution in [0.25, 0.3) is 0 Å². The minimum absolute atomic E-state index is 0. The lowest BCUT2D eigenvalue weighted by molar-refractivity contribution is -0.120. The van der Waals surface area contributed by atoms with Crippen LogP contribution in [0.2, 0.25) is 0 Å². The normalized spacial score (nSPS) is 10.6. The van der Waals surface area contributed by atoms with Crippen molar-refractivity contribution in [1.82, 2.24) is 16.0 Å². The van der Waals surface area contributed by atoms with Gasteiger partial charge in [0.05, 0.1) is 13.7 Å². The van der Waals surface area contributed by atoms with Crippen molar-refractivity contribution >= 4 is 47.2 Å². The van der Waals surface area contributed by atoms with E-state index in [4.69, 9.17) is 4.74 Å². The molecule has 0 saturated carbocycles. The van der Waals surface area contributed by atoms with Crippen LogP contribution >= 0.6 is 35.3 Å². The number of benzene rings is 1. The third-order valence-corrected chi connectivity index (χ3v) is 4.06. The monoisotopic (exact) mass is 474 g/mol. The second-order valence-corrected chi connectivity index (χ2v) is 5.82. The number of thiophene rings is 1. The van der Waals surface area contributed by atoms with Crippen LogP contribution in [0, 0.1) is 0 Å². The number of hydrogen-bond acceptors (Lipinski definition) is 4. The minimum Gasteiger partial charge on any atom is -0.497 e. The van der Waals surface area contributed by atoms with E-state index in [1.54, 1.807) is 25.5 Å². The average Bonchev–Trinajstić information content (AvgIpc) is 3.14. The lowest BCUT2D eigenvalue weighted by atomic mass is 10.2. The largest absolute Gasteiger partial charge is 0.497 e. The molecule has 6 nitrogen and oxygen atoms in total. The van der Waals surface area contributed by atoms with Crippen LogP contribution in [-0.2, 0) is 17.9 Å². The number of aliphatic imine (C=N–C) groups is 1. The Morgan fingerprint density at radius 2 is 1.80 bits per heavy atom. The van der Waals surface area contributed by atoms with Crippen molar-refractivity contribution < 1.29 is 9.53 Å². The lowest BCUT2D eigenvalue weighted by Gasteiger charge is -2.11. The first kappa shape index (κ1) is 21.2. The van der Waals surface area contributed by atoms with E-state index in [9.17, 15) is 4.79 Å². The van der Waals surface area contributed by atoms with Crippen LogP contribution in [-0.4, -0.2) is 32.6 Å². The van der Waals surface area contributed by atoms with E-state index in [2.05, 4.69) is 26.3 Å². The Labute approximate surface area is 169 Å². The molecule has 0 aliphatic carbocycles. The van der Waals surface area contributed by atoms with Gasteiger partial charge in [-0.15, -0.1) is 24.0 Å². The molecule has 1 heterocycles. The molecule has 0 aliphatic heterocycles. The molecule has 2 rings (SSSR count). The van der Waals surface area contributed by atoms with E-state index in [0.717, 1.165) is 11.3 Å². The van der Waals surface area contributed by atoms with E-state index in [0.29, 0.717) is 19.0 Å². The van der Waals surface area contributed by atoms with Gasteiger partial charge in [0.15, 0.2) is 5.96 Å². The van der Waals surface area contributed by atoms with Gasteiger partial charge in [-0.25, -0.2) is 0 Å². The molecular formula is C17H23IN4O2S. The summed E-state index contributed by atoms with van der Waals surface area (Å²) in [4.78, 5) is 16.0. The van der Waals surface area contributed by atoms with Crippen LogP contribution < -0.4 is 20.7 Å². The Balaban J connectivity index is 0.00000312. The summed E-state index contributed by atoms with van der Waals surface area (Å²) in [7, 11) is 3.31. The molecule has 0 bridgehead atoms. The SMILES string of the molecule is CN=C(NCC(=O)NCc1ccc(OC)cc1)NCc1ccsc1.I. The predicted octanol–water partition coefficient (Wildman–Crippen LogP) is 2.36. The van der Waals surface area contributed by atoms with Gasteiger partial charge in [0.2, 0.25) is 5.91 Å². The maximum absolute atomic E-state index is 11.9. The fourth-order valence-electron chi connectivity index (χ4n) is 1.97. The highest BCUT2D eigenvalue weighted by Crippen LogP contribution is 2.10. The molecule has 0 saturated heterocycles. The van der Waals surface area contributed by atoms with Crippen molar-refractivity contribution in [1.29, 1.82) is 0 Å². The highest BCUT2D eigenvalue weighted by molar-refractivity contribution is 14.0. The number of ether oxygens (including phenoxy) is 1. The number of methoxy groups -OCH3 is 1. The molecule has 3 N–H and O–H groups in total. The number of carbonyl (C=O) groups is 1. The number of rotatable bonds is 7. The Kier molecular flexibility index (Phi) is 9.93. The summed E-state index contributed by atoms with van der Waals surface area (Å²) in [5, 5.41) is 13.1. The van der Waals surface area contributed by atoms with E-state index in [1.165, 1.54) is 5.56 Å². The second-order valence-electron chi connectivity index (χ2n) is 5.04. The lowest BCUT2D eigenvalue weighted by Crippen LogP contribution is -2.42. The minimum atomic E-state index is -0.0932. The summed E-state index contributed by atoms with van der Waals surface area (Å²) in [6, 6.07) is 9.64. The maximum atomic E-state index is 11.9. The number of nitrogens with one attached hydrogen (secondary N) is 3. The highest BCUT2D eigenvalue weighted by Gasteiger charge is 2.04. The van der Waals surface area contributed by atoms with Crippen LogP contribution in [0.15, 0.2) is 46.1 Å². The van der Waals surface area contributed by atoms with Gasteiger partial charge >= 0.3 is 0 Å². The van der Waals surface area contributed by atoms with E-state index in [1.807, 2.05) is 35.7 Å². The first-order valence-corrected chi connectivity index (χ1v) is 8.50. The third kappa shape index (κ3) is 7.74. The van der Waals surface area contributed by atoms with Crippen LogP contribution in [0.3, 0.4) is 0 Å². The quantitative estimate of drug-likeness (QED) is 0.327. The molecule has 8 heteroatoms. The average molecular weight is 474 g/mol. The summed E-state index contributed by atoms with van der Waals surface area (Å²) in [5.41, 5.74) is 2.20. The van der Waals surface area contributed by atoms with Gasteiger partial charge in [-0.2, -0.15) is 11.3 Å². The number of halogens is 1. The van der Waals surface area contributed by atoms with Crippen molar-refractivity contribution in [2.45, 2.75) is 13.1 Å². The zero-order valence-electron chi connectivity index (χ0n) is 14.2. The first-order valence-electron chi connectivity index (χ1n) is 7.56. The van der Waals surface area contributed by atoms with Gasteiger partial charge in [-0.3, -0.25) is 9.79 Å². The van der Waals surface area contributed by atoms with Gasteiger partial charge in [-0.1, -0.05) is 12.1 Å². The van der Waals surface area contributed by atoms with E-state index < -0.39 is 0 Å². The van der Waals surface area contributed by atoms with E-state index >= 15 is 0 Å². The Morgan fingerprint density at radius 3 is 2.40 bits per heavy atom. The molecule has 25 heavy (non-hydrogen) atoms. The summed E-state index contributed by atoms with van der Waals surface area (Å²) in [6.07, 6.45) is 0. The molecular weight excluding hydrogens is 451 g/mol. The van der Waals surface area contributed by atoms with Crippen molar-refractivity contribution in [2.75, 3.05) is 20.7 Å². The molecule has 0 spiro atoms. The smallest absolute Gasteiger partial charge is 0.239 e. The van der Waals surface area contributed by atoms with Gasteiger partial charge < -0.3 is 20.7 Å². The number of hydrogen-bond donors (Lipinski definition) is 3. The molecule has 136 valence electrons. The first-order chi connectivity index (χ1) is 11.7. The predicted molar refractivity (Wildman–Crippen MR) is 113 cm³/mol. The van der Waals surface area contributed by atoms with E-state index in [-0.39, 0.29) is 36.4 Å². The molecule has 0 radical (unpaired) electrons. The molecule has 0 unspecified atom stereocenters. The molecule has 0 atom stereocenters. The second kappa shape index (κ2) is 11.7. The number of nitrogens with zero attached hydrogens (tertiary/aromatic N) is 1. The fraction of sp³-hybridized carbons (Fsp3) is 0.294. The van der Waals surface area contributed by atoms with Crippen LogP contribution in [0.4, 0.5) is 0 Å². The fourth-order valence-corrected chi connectivity index (χ4v) is 2.64. The molecule has 1 aromatic carbocycles. The zero-order chi connectivity index (χ0) is 17.2. The Hall–Kier alpha value is -1.81. The topological polar surface area (TPSA) is 74.8 Å². The summed E-state index contributed by atoms with van der Waals surface area (Å²) in [5.74, 6) is 1.30. The number of guanidine groups is 1. The summed E-state index contributed by atoms with van der Waals surface area (Å²) in [6.45, 7) is 1.32. The van der Waals surface area contributed by atoms with Gasteiger partial charge in [0, 0.05) is 20.1 Å². The molecule has 0 fully saturated rings. The molecule has 0 aliphatic rings. The Bertz CT molecular complexity index is 660. The molecule has 1 aromatic heterocycles. The standard InChI is InChI=1S/C17H22N4O2S.HI/c1-18-17(20-10-14-7-8-24-12-14)21-11-16(22)19-9-13-3-5-15(23-2)6-4-13;/h3-8,12H,9-11H2,1-2H3,(H,19,22)(H2,18,20,21);1H. The van der Waals surface area contributed by atoms with Gasteiger partial charge in [0.1, 0.15) is 5.75 Å².